The molecule has 9 heteroatoms. The lowest BCUT2D eigenvalue weighted by molar-refractivity contribution is -0.158. The van der Waals surface area contributed by atoms with Gasteiger partial charge in [-0.3, -0.25) is 24.3 Å². The van der Waals surface area contributed by atoms with E-state index < -0.39 is 30.5 Å². The summed E-state index contributed by atoms with van der Waals surface area (Å²) in [6.07, 6.45) is -5.55. The van der Waals surface area contributed by atoms with Crippen molar-refractivity contribution in [3.8, 4) is 0 Å². The number of para-hydroxylation sites is 2. The lowest BCUT2D eigenvalue weighted by Crippen LogP contribution is -2.54. The van der Waals surface area contributed by atoms with Gasteiger partial charge in [-0.25, -0.2) is 0 Å². The second-order valence-electron chi connectivity index (χ2n) is 8.13. The van der Waals surface area contributed by atoms with E-state index in [4.69, 9.17) is 0 Å². The maximum Gasteiger partial charge on any atom is 0.409 e. The molecule has 4 rings (SSSR count). The number of halogens is 3. The van der Waals surface area contributed by atoms with Crippen LogP contribution in [0.5, 0.6) is 0 Å². The first kappa shape index (κ1) is 22.3. The summed E-state index contributed by atoms with van der Waals surface area (Å²) in [5, 5.41) is 2.49. The third kappa shape index (κ3) is 5.11. The summed E-state index contributed by atoms with van der Waals surface area (Å²) in [7, 11) is 0. The zero-order chi connectivity index (χ0) is 22.7. The Balaban J connectivity index is 1.46. The highest BCUT2D eigenvalue weighted by molar-refractivity contribution is 6.05. The number of anilines is 2. The second kappa shape index (κ2) is 9.30. The molecule has 32 heavy (non-hydrogen) atoms. The fourth-order valence-corrected chi connectivity index (χ4v) is 4.21. The highest BCUT2D eigenvalue weighted by atomic mass is 19.4. The zero-order valence-corrected chi connectivity index (χ0v) is 17.5. The molecule has 1 fully saturated rings. The van der Waals surface area contributed by atoms with Gasteiger partial charge in [0.2, 0.25) is 11.8 Å². The van der Waals surface area contributed by atoms with Gasteiger partial charge in [-0.2, -0.15) is 13.2 Å². The average molecular weight is 446 g/mol. The van der Waals surface area contributed by atoms with E-state index in [0.717, 1.165) is 24.5 Å². The summed E-state index contributed by atoms with van der Waals surface area (Å²) in [6, 6.07) is 14.0. The van der Waals surface area contributed by atoms with Crippen LogP contribution in [0.1, 0.15) is 12.0 Å². The minimum atomic E-state index is -4.72. The zero-order valence-electron chi connectivity index (χ0n) is 17.5. The van der Waals surface area contributed by atoms with E-state index in [2.05, 4.69) is 22.3 Å². The molecule has 2 aromatic rings. The number of hydrogen-bond donors (Lipinski definition) is 1. The van der Waals surface area contributed by atoms with Crippen molar-refractivity contribution in [3.63, 3.8) is 0 Å². The van der Waals surface area contributed by atoms with Crippen LogP contribution < -0.4 is 10.2 Å². The molecule has 0 spiro atoms. The number of alkyl halides is 3. The van der Waals surface area contributed by atoms with Crippen molar-refractivity contribution in [3.05, 3.63) is 60.2 Å². The number of nitrogens with zero attached hydrogens (tertiary/aromatic N) is 3. The number of benzene rings is 2. The number of hydrogen-bond acceptors (Lipinski definition) is 4. The number of carbonyl (C=O) groups excluding carboxylic acids is 2. The average Bonchev–Trinajstić information content (AvgIpc) is 2.91. The van der Waals surface area contributed by atoms with Crippen LogP contribution in [-0.4, -0.2) is 66.6 Å². The minimum absolute atomic E-state index is 0.0772. The van der Waals surface area contributed by atoms with Crippen LogP contribution in [0.2, 0.25) is 0 Å². The fourth-order valence-electron chi connectivity index (χ4n) is 4.21. The molecule has 0 aliphatic carbocycles. The molecule has 2 heterocycles. The van der Waals surface area contributed by atoms with Crippen LogP contribution in [0.3, 0.4) is 0 Å². The molecule has 2 aliphatic heterocycles. The van der Waals surface area contributed by atoms with Gasteiger partial charge < -0.3 is 5.32 Å². The maximum atomic E-state index is 13.8. The van der Waals surface area contributed by atoms with E-state index in [0.29, 0.717) is 13.1 Å². The molecule has 2 amide bonds. The second-order valence-corrected chi connectivity index (χ2v) is 8.13. The Morgan fingerprint density at radius 1 is 0.938 bits per heavy atom. The van der Waals surface area contributed by atoms with E-state index in [1.54, 1.807) is 12.1 Å². The Kier molecular flexibility index (Phi) is 6.48. The van der Waals surface area contributed by atoms with Gasteiger partial charge in [0, 0.05) is 32.7 Å². The normalized spacial score (nSPS) is 20.4. The molecule has 2 aliphatic rings. The minimum Gasteiger partial charge on any atom is -0.324 e. The first-order valence-electron chi connectivity index (χ1n) is 10.6. The van der Waals surface area contributed by atoms with Gasteiger partial charge in [-0.15, -0.1) is 0 Å². The highest BCUT2D eigenvalue weighted by Crippen LogP contribution is 2.37. The molecule has 1 atom stereocenters. The van der Waals surface area contributed by atoms with Crippen molar-refractivity contribution >= 4 is 23.2 Å². The smallest absolute Gasteiger partial charge is 0.324 e. The van der Waals surface area contributed by atoms with Crippen molar-refractivity contribution in [1.82, 2.24) is 9.80 Å². The van der Waals surface area contributed by atoms with Gasteiger partial charge in [0.15, 0.2) is 0 Å². The Morgan fingerprint density at radius 2 is 1.56 bits per heavy atom. The standard InChI is InChI=1S/C23H25F3N4O2/c24-23(25,26)20-14-21(31)27-18-8-4-5-9-19(18)30(20)22(32)16-29-12-10-28(11-13-29)15-17-6-2-1-3-7-17/h1-9,20H,10-16H2,(H,27,31). The van der Waals surface area contributed by atoms with Crippen LogP contribution in [0.25, 0.3) is 0 Å². The first-order chi connectivity index (χ1) is 15.3. The van der Waals surface area contributed by atoms with E-state index in [1.165, 1.54) is 17.7 Å². The molecule has 170 valence electrons. The quantitative estimate of drug-likeness (QED) is 0.784. The monoisotopic (exact) mass is 446 g/mol. The van der Waals surface area contributed by atoms with E-state index in [9.17, 15) is 22.8 Å². The van der Waals surface area contributed by atoms with Gasteiger partial charge in [-0.1, -0.05) is 42.5 Å². The summed E-state index contributed by atoms with van der Waals surface area (Å²) in [4.78, 5) is 30.1. The van der Waals surface area contributed by atoms with Gasteiger partial charge in [-0.05, 0) is 17.7 Å². The summed E-state index contributed by atoms with van der Waals surface area (Å²) >= 11 is 0. The van der Waals surface area contributed by atoms with E-state index in [-0.39, 0.29) is 17.9 Å². The maximum absolute atomic E-state index is 13.8. The number of rotatable bonds is 4. The van der Waals surface area contributed by atoms with Gasteiger partial charge >= 0.3 is 6.18 Å². The predicted molar refractivity (Wildman–Crippen MR) is 115 cm³/mol. The molecule has 0 saturated carbocycles. The fraction of sp³-hybridized carbons (Fsp3) is 0.391. The SMILES string of the molecule is O=C1CC(C(F)(F)F)N(C(=O)CN2CCN(Cc3ccccc3)CC2)c2ccccc2N1. The number of piperazine rings is 1. The van der Waals surface area contributed by atoms with Crippen molar-refractivity contribution in [2.45, 2.75) is 25.2 Å². The van der Waals surface area contributed by atoms with Crippen LogP contribution >= 0.6 is 0 Å². The first-order valence-corrected chi connectivity index (χ1v) is 10.6. The number of nitrogens with one attached hydrogen (secondary N) is 1. The van der Waals surface area contributed by atoms with E-state index >= 15 is 0 Å². The summed E-state index contributed by atoms with van der Waals surface area (Å²) < 4.78 is 41.5. The number of fused-ring (bicyclic) bond motifs is 1. The van der Waals surface area contributed by atoms with Crippen LogP contribution in [0.15, 0.2) is 54.6 Å². The van der Waals surface area contributed by atoms with Crippen molar-refractivity contribution in [1.29, 1.82) is 0 Å². The van der Waals surface area contributed by atoms with Crippen LogP contribution in [0, 0.1) is 0 Å². The summed E-state index contributed by atoms with van der Waals surface area (Å²) in [5.74, 6) is -1.42. The van der Waals surface area contributed by atoms with E-state index in [1.807, 2.05) is 23.1 Å². The number of amides is 2. The Morgan fingerprint density at radius 3 is 2.25 bits per heavy atom. The molecule has 1 unspecified atom stereocenters. The van der Waals surface area contributed by atoms with Crippen LogP contribution in [-0.2, 0) is 16.1 Å². The van der Waals surface area contributed by atoms with Crippen molar-refractivity contribution < 1.29 is 22.8 Å². The van der Waals surface area contributed by atoms with Gasteiger partial charge in [0.1, 0.15) is 6.04 Å². The largest absolute Gasteiger partial charge is 0.409 e. The Bertz CT molecular complexity index is 959. The third-order valence-electron chi connectivity index (χ3n) is 5.85. The molecular weight excluding hydrogens is 421 g/mol. The van der Waals surface area contributed by atoms with Gasteiger partial charge in [0.05, 0.1) is 24.3 Å². The third-order valence-corrected chi connectivity index (χ3v) is 5.85. The molecule has 6 nitrogen and oxygen atoms in total. The molecule has 1 saturated heterocycles. The Hall–Kier alpha value is -2.91. The summed E-state index contributed by atoms with van der Waals surface area (Å²) in [5.41, 5.74) is 1.49. The van der Waals surface area contributed by atoms with Crippen molar-refractivity contribution in [2.24, 2.45) is 0 Å². The predicted octanol–water partition coefficient (Wildman–Crippen LogP) is 3.11. The highest BCUT2D eigenvalue weighted by Gasteiger charge is 2.49. The molecule has 0 aromatic heterocycles. The topological polar surface area (TPSA) is 55.9 Å². The molecular formula is C23H25F3N4O2. The lowest BCUT2D eigenvalue weighted by atomic mass is 10.1. The van der Waals surface area contributed by atoms with Crippen LogP contribution in [0.4, 0.5) is 24.5 Å². The summed E-state index contributed by atoms with van der Waals surface area (Å²) in [6.45, 7) is 3.28. The Labute approximate surface area is 184 Å². The molecule has 0 bridgehead atoms. The molecule has 1 N–H and O–H groups in total. The molecule has 2 aromatic carbocycles. The molecule has 0 radical (unpaired) electrons. The van der Waals surface area contributed by atoms with Crippen molar-refractivity contribution in [2.75, 3.05) is 42.9 Å². The number of carbonyl (C=O) groups is 2. The van der Waals surface area contributed by atoms with Gasteiger partial charge in [0.25, 0.3) is 0 Å². The lowest BCUT2D eigenvalue weighted by Gasteiger charge is -2.37.